The summed E-state index contributed by atoms with van der Waals surface area (Å²) >= 11 is 0. The zero-order valence-electron chi connectivity index (χ0n) is 15.3. The molecule has 0 N–H and O–H groups in total. The largest absolute Gasteiger partial charge is 0.348 e. The summed E-state index contributed by atoms with van der Waals surface area (Å²) in [6.45, 7) is 2.95. The van der Waals surface area contributed by atoms with Gasteiger partial charge in [0.1, 0.15) is 12.1 Å². The molecule has 1 saturated heterocycles. The highest BCUT2D eigenvalue weighted by molar-refractivity contribution is 5.85. The number of amides is 1. The Balaban J connectivity index is 1.49. The molecule has 0 saturated carbocycles. The number of hydrogen-bond donors (Lipinski definition) is 0. The first-order valence-electron chi connectivity index (χ1n) is 9.41. The van der Waals surface area contributed by atoms with Crippen molar-refractivity contribution in [2.75, 3.05) is 24.5 Å². The lowest BCUT2D eigenvalue weighted by atomic mass is 9.95. The van der Waals surface area contributed by atoms with Crippen molar-refractivity contribution in [1.82, 2.24) is 34.3 Å². The predicted octanol–water partition coefficient (Wildman–Crippen LogP) is 0.974. The molecular formula is C18H22N8O. The van der Waals surface area contributed by atoms with Gasteiger partial charge in [0.2, 0.25) is 5.91 Å². The van der Waals surface area contributed by atoms with Gasteiger partial charge in [0.25, 0.3) is 0 Å². The van der Waals surface area contributed by atoms with Crippen molar-refractivity contribution in [1.29, 1.82) is 0 Å². The average molecular weight is 366 g/mol. The van der Waals surface area contributed by atoms with Crippen LogP contribution >= 0.6 is 0 Å². The van der Waals surface area contributed by atoms with Gasteiger partial charge in [0, 0.05) is 26.7 Å². The normalized spacial score (nSPS) is 20.1. The third kappa shape index (κ3) is 2.73. The molecule has 1 atom stereocenters. The van der Waals surface area contributed by atoms with Crippen molar-refractivity contribution in [2.45, 2.75) is 31.7 Å². The SMILES string of the molecule is Cn1cnc2c1C(C(=O)N1CCCCC1)CN(c1ccc3nncn3n1)C2. The van der Waals surface area contributed by atoms with Crippen LogP contribution in [-0.4, -0.2) is 59.8 Å². The molecule has 0 aliphatic carbocycles. The van der Waals surface area contributed by atoms with Crippen molar-refractivity contribution < 1.29 is 4.79 Å². The van der Waals surface area contributed by atoms with Crippen molar-refractivity contribution in [3.8, 4) is 0 Å². The first-order chi connectivity index (χ1) is 13.2. The third-order valence-corrected chi connectivity index (χ3v) is 5.57. The van der Waals surface area contributed by atoms with Gasteiger partial charge in [-0.2, -0.15) is 4.52 Å². The molecule has 0 spiro atoms. The first-order valence-corrected chi connectivity index (χ1v) is 9.41. The molecule has 0 radical (unpaired) electrons. The molecule has 3 aromatic rings. The fourth-order valence-corrected chi connectivity index (χ4v) is 4.20. The Bertz CT molecular complexity index is 986. The van der Waals surface area contributed by atoms with Crippen LogP contribution in [0.4, 0.5) is 5.82 Å². The van der Waals surface area contributed by atoms with E-state index < -0.39 is 0 Å². The Labute approximate surface area is 156 Å². The number of hydrogen-bond acceptors (Lipinski definition) is 6. The van der Waals surface area contributed by atoms with Crippen LogP contribution in [-0.2, 0) is 18.4 Å². The minimum absolute atomic E-state index is 0.203. The molecule has 9 heteroatoms. The molecule has 9 nitrogen and oxygen atoms in total. The Kier molecular flexibility index (Phi) is 3.80. The molecule has 1 amide bonds. The molecule has 1 fully saturated rings. The van der Waals surface area contributed by atoms with E-state index in [1.54, 1.807) is 17.2 Å². The van der Waals surface area contributed by atoms with E-state index in [-0.39, 0.29) is 11.8 Å². The van der Waals surface area contributed by atoms with Gasteiger partial charge in [-0.25, -0.2) is 4.98 Å². The van der Waals surface area contributed by atoms with Gasteiger partial charge in [0.05, 0.1) is 30.2 Å². The summed E-state index contributed by atoms with van der Waals surface area (Å²) in [7, 11) is 1.97. The number of rotatable bonds is 2. The quantitative estimate of drug-likeness (QED) is 0.672. The van der Waals surface area contributed by atoms with Crippen LogP contribution in [0.3, 0.4) is 0 Å². The van der Waals surface area contributed by atoms with E-state index in [0.29, 0.717) is 18.7 Å². The summed E-state index contributed by atoms with van der Waals surface area (Å²) < 4.78 is 3.65. The monoisotopic (exact) mass is 366 g/mol. The number of carbonyl (C=O) groups is 1. The summed E-state index contributed by atoms with van der Waals surface area (Å²) in [4.78, 5) is 22.0. The van der Waals surface area contributed by atoms with Gasteiger partial charge in [-0.05, 0) is 31.4 Å². The highest BCUT2D eigenvalue weighted by Crippen LogP contribution is 2.32. The van der Waals surface area contributed by atoms with E-state index in [1.165, 1.54) is 6.42 Å². The molecule has 2 aliphatic heterocycles. The number of nitrogens with zero attached hydrogens (tertiary/aromatic N) is 8. The minimum atomic E-state index is -0.224. The zero-order chi connectivity index (χ0) is 18.4. The smallest absolute Gasteiger partial charge is 0.233 e. The van der Waals surface area contributed by atoms with Crippen LogP contribution in [0.2, 0.25) is 0 Å². The van der Waals surface area contributed by atoms with Crippen LogP contribution in [0, 0.1) is 0 Å². The molecule has 2 aliphatic rings. The first kappa shape index (κ1) is 16.2. The van der Waals surface area contributed by atoms with Crippen LogP contribution in [0.1, 0.15) is 36.6 Å². The summed E-state index contributed by atoms with van der Waals surface area (Å²) in [6, 6.07) is 3.82. The maximum Gasteiger partial charge on any atom is 0.233 e. The summed E-state index contributed by atoms with van der Waals surface area (Å²) in [5.41, 5.74) is 2.69. The number of imidazole rings is 1. The lowest BCUT2D eigenvalue weighted by molar-refractivity contribution is -0.133. The van der Waals surface area contributed by atoms with E-state index in [9.17, 15) is 4.79 Å². The van der Waals surface area contributed by atoms with E-state index in [0.717, 1.165) is 43.1 Å². The second kappa shape index (κ2) is 6.33. The van der Waals surface area contributed by atoms with E-state index in [2.05, 4.69) is 25.2 Å². The number of aromatic nitrogens is 6. The highest BCUT2D eigenvalue weighted by atomic mass is 16.2. The number of fused-ring (bicyclic) bond motifs is 2. The fourth-order valence-electron chi connectivity index (χ4n) is 4.20. The molecule has 3 aromatic heterocycles. The second-order valence-corrected chi connectivity index (χ2v) is 7.33. The van der Waals surface area contributed by atoms with Crippen LogP contribution < -0.4 is 4.90 Å². The summed E-state index contributed by atoms with van der Waals surface area (Å²) in [5, 5.41) is 12.5. The molecule has 0 bridgehead atoms. The Morgan fingerprint density at radius 2 is 2.00 bits per heavy atom. The van der Waals surface area contributed by atoms with E-state index in [4.69, 9.17) is 0 Å². The summed E-state index contributed by atoms with van der Waals surface area (Å²) in [6.07, 6.45) is 6.78. The Hall–Kier alpha value is -2.97. The molecule has 1 unspecified atom stereocenters. The molecule has 5 heterocycles. The highest BCUT2D eigenvalue weighted by Gasteiger charge is 2.37. The third-order valence-electron chi connectivity index (χ3n) is 5.57. The Morgan fingerprint density at radius 3 is 2.85 bits per heavy atom. The molecule has 27 heavy (non-hydrogen) atoms. The molecule has 0 aromatic carbocycles. The van der Waals surface area contributed by atoms with Crippen LogP contribution in [0.15, 0.2) is 24.8 Å². The van der Waals surface area contributed by atoms with Crippen molar-refractivity contribution in [2.24, 2.45) is 7.05 Å². The standard InChI is InChI=1S/C18H22N8O/c1-23-11-19-14-10-25(16-6-5-15-21-20-12-26(15)22-16)9-13(17(14)23)18(27)24-7-3-2-4-8-24/h5-6,11-13H,2-4,7-10H2,1H3. The van der Waals surface area contributed by atoms with Crippen molar-refractivity contribution in [3.63, 3.8) is 0 Å². The molecule has 5 rings (SSSR count). The maximum atomic E-state index is 13.3. The number of aryl methyl sites for hydroxylation is 1. The lowest BCUT2D eigenvalue weighted by Gasteiger charge is -2.36. The predicted molar refractivity (Wildman–Crippen MR) is 98.2 cm³/mol. The van der Waals surface area contributed by atoms with Crippen molar-refractivity contribution >= 4 is 17.4 Å². The number of anilines is 1. The van der Waals surface area contributed by atoms with E-state index in [1.807, 2.05) is 28.6 Å². The van der Waals surface area contributed by atoms with Gasteiger partial charge in [-0.15, -0.1) is 15.3 Å². The van der Waals surface area contributed by atoms with Crippen LogP contribution in [0.5, 0.6) is 0 Å². The number of likely N-dealkylation sites (tertiary alicyclic amines) is 1. The number of piperidine rings is 1. The van der Waals surface area contributed by atoms with Gasteiger partial charge in [-0.3, -0.25) is 4.79 Å². The topological polar surface area (TPSA) is 84.5 Å². The van der Waals surface area contributed by atoms with Gasteiger partial charge < -0.3 is 14.4 Å². The minimum Gasteiger partial charge on any atom is -0.348 e. The average Bonchev–Trinajstić information content (AvgIpc) is 3.33. The van der Waals surface area contributed by atoms with Gasteiger partial charge >= 0.3 is 0 Å². The lowest BCUT2D eigenvalue weighted by Crippen LogP contribution is -2.45. The molecule has 140 valence electrons. The van der Waals surface area contributed by atoms with Crippen molar-refractivity contribution in [3.05, 3.63) is 36.2 Å². The van der Waals surface area contributed by atoms with Crippen LogP contribution in [0.25, 0.3) is 5.65 Å². The van der Waals surface area contributed by atoms with Gasteiger partial charge in [-0.1, -0.05) is 0 Å². The van der Waals surface area contributed by atoms with Gasteiger partial charge in [0.15, 0.2) is 5.65 Å². The fraction of sp³-hybridized carbons (Fsp3) is 0.500. The molecular weight excluding hydrogens is 344 g/mol. The summed E-state index contributed by atoms with van der Waals surface area (Å²) in [5.74, 6) is 0.780. The van der Waals surface area contributed by atoms with E-state index >= 15 is 0 Å². The zero-order valence-corrected chi connectivity index (χ0v) is 15.3. The number of carbonyl (C=O) groups excluding carboxylic acids is 1. The maximum absolute atomic E-state index is 13.3. The Morgan fingerprint density at radius 1 is 1.15 bits per heavy atom. The second-order valence-electron chi connectivity index (χ2n) is 7.33.